The first-order valence-corrected chi connectivity index (χ1v) is 2.99. The van der Waals surface area contributed by atoms with E-state index in [-0.39, 0.29) is 0 Å². The molecule has 0 saturated carbocycles. The maximum atomic E-state index is 10.6. The minimum absolute atomic E-state index is 0.618. The molecule has 1 aliphatic rings. The average molecular weight is 158 g/mol. The first-order chi connectivity index (χ1) is 5.15. The van der Waals surface area contributed by atoms with Crippen LogP contribution >= 0.6 is 0 Å². The molecule has 0 aliphatic carbocycles. The molecule has 0 aromatic heterocycles. The van der Waals surface area contributed by atoms with Crippen LogP contribution in [0.4, 0.5) is 4.79 Å². The van der Waals surface area contributed by atoms with Crippen molar-refractivity contribution in [1.29, 1.82) is 0 Å². The molecule has 1 saturated heterocycles. The Morgan fingerprint density at radius 2 is 2.36 bits per heavy atom. The highest BCUT2D eigenvalue weighted by Crippen LogP contribution is 2.08. The van der Waals surface area contributed by atoms with Crippen molar-refractivity contribution < 1.29 is 14.3 Å². The smallest absolute Gasteiger partial charge is 0.408 e. The number of carbonyl (C=O) groups is 2. The molecule has 0 spiro atoms. The van der Waals surface area contributed by atoms with E-state index in [0.29, 0.717) is 0 Å². The summed E-state index contributed by atoms with van der Waals surface area (Å²) in [6.45, 7) is 1.51. The van der Waals surface area contributed by atoms with Crippen molar-refractivity contribution in [1.82, 2.24) is 5.32 Å². The van der Waals surface area contributed by atoms with E-state index in [9.17, 15) is 14.5 Å². The molecule has 2 amide bonds. The third kappa shape index (κ3) is 1.34. The summed E-state index contributed by atoms with van der Waals surface area (Å²) in [4.78, 5) is 30.8. The van der Waals surface area contributed by atoms with Gasteiger partial charge in [-0.25, -0.2) is 4.79 Å². The van der Waals surface area contributed by atoms with Gasteiger partial charge in [0.15, 0.2) is 6.04 Å². The topological polar surface area (TPSA) is 84.8 Å². The number of hydrogen-bond acceptors (Lipinski definition) is 4. The number of cyclic esters (lactones) is 1. The molecular formula is C5H6N2O4. The van der Waals surface area contributed by atoms with Gasteiger partial charge in [-0.05, 0) is 6.92 Å². The molecule has 0 unspecified atom stereocenters. The van der Waals surface area contributed by atoms with E-state index < -0.39 is 24.1 Å². The molecule has 0 radical (unpaired) electrons. The van der Waals surface area contributed by atoms with Gasteiger partial charge in [0.05, 0.1) is 0 Å². The summed E-state index contributed by atoms with van der Waals surface area (Å²) in [6.07, 6.45) is -1.31. The molecule has 6 nitrogen and oxygen atoms in total. The Kier molecular flexibility index (Phi) is 1.84. The largest absolute Gasteiger partial charge is 0.444 e. The van der Waals surface area contributed by atoms with E-state index in [4.69, 9.17) is 0 Å². The number of hydrogen-bond donors (Lipinski definition) is 1. The molecule has 0 aromatic carbocycles. The van der Waals surface area contributed by atoms with Gasteiger partial charge in [0.2, 0.25) is 0 Å². The molecular weight excluding hydrogens is 152 g/mol. The standard InChI is InChI=1S/C5H6N2O4/c1-2-3(4(8)7-10)6-5(9)11-2/h2-3H,1H3,(H,6,9)/t2-,3+/m1/s1. The van der Waals surface area contributed by atoms with Crippen LogP contribution in [0.2, 0.25) is 0 Å². The van der Waals surface area contributed by atoms with Gasteiger partial charge in [0.25, 0.3) is 0 Å². The minimum Gasteiger partial charge on any atom is -0.444 e. The van der Waals surface area contributed by atoms with Crippen molar-refractivity contribution in [2.24, 2.45) is 5.18 Å². The van der Waals surface area contributed by atoms with Crippen LogP contribution in [0.1, 0.15) is 6.92 Å². The third-order valence-corrected chi connectivity index (χ3v) is 1.39. The van der Waals surface area contributed by atoms with Crippen LogP contribution in [0.25, 0.3) is 0 Å². The van der Waals surface area contributed by atoms with Gasteiger partial charge in [0.1, 0.15) is 6.10 Å². The van der Waals surface area contributed by atoms with Crippen molar-refractivity contribution in [3.63, 3.8) is 0 Å². The average Bonchev–Trinajstić information content (AvgIpc) is 2.28. The fourth-order valence-corrected chi connectivity index (χ4v) is 0.835. The Morgan fingerprint density at radius 3 is 2.73 bits per heavy atom. The lowest BCUT2D eigenvalue weighted by atomic mass is 10.2. The summed E-state index contributed by atoms with van der Waals surface area (Å²) >= 11 is 0. The SMILES string of the molecule is C[C@H]1OC(=O)N[C@@H]1C(=O)N=O. The van der Waals surface area contributed by atoms with Gasteiger partial charge in [-0.15, -0.1) is 4.91 Å². The molecule has 0 bridgehead atoms. The van der Waals surface area contributed by atoms with E-state index in [0.717, 1.165) is 0 Å². The van der Waals surface area contributed by atoms with E-state index in [1.165, 1.54) is 6.92 Å². The van der Waals surface area contributed by atoms with Gasteiger partial charge in [-0.1, -0.05) is 0 Å². The van der Waals surface area contributed by atoms with Crippen LogP contribution < -0.4 is 5.32 Å². The molecule has 2 atom stereocenters. The van der Waals surface area contributed by atoms with Crippen LogP contribution in [0.3, 0.4) is 0 Å². The van der Waals surface area contributed by atoms with E-state index >= 15 is 0 Å². The van der Waals surface area contributed by atoms with Gasteiger partial charge >= 0.3 is 12.0 Å². The number of carbonyl (C=O) groups excluding carboxylic acids is 2. The zero-order valence-electron chi connectivity index (χ0n) is 5.73. The van der Waals surface area contributed by atoms with Gasteiger partial charge in [0, 0.05) is 5.18 Å². The molecule has 1 N–H and O–H groups in total. The number of nitrogens with one attached hydrogen (secondary N) is 1. The summed E-state index contributed by atoms with van der Waals surface area (Å²) in [5, 5.41) is 4.32. The quantitative estimate of drug-likeness (QED) is 0.534. The summed E-state index contributed by atoms with van der Waals surface area (Å²) in [6, 6.07) is -0.917. The van der Waals surface area contributed by atoms with Crippen LogP contribution in [0.5, 0.6) is 0 Å². The highest BCUT2D eigenvalue weighted by atomic mass is 16.6. The van der Waals surface area contributed by atoms with Crippen molar-refractivity contribution >= 4 is 12.0 Å². The molecule has 11 heavy (non-hydrogen) atoms. The van der Waals surface area contributed by atoms with E-state index in [2.05, 4.69) is 15.2 Å². The molecule has 1 rings (SSSR count). The lowest BCUT2D eigenvalue weighted by Gasteiger charge is -2.04. The third-order valence-electron chi connectivity index (χ3n) is 1.39. The number of ether oxygens (including phenoxy) is 1. The van der Waals surface area contributed by atoms with Gasteiger partial charge < -0.3 is 10.1 Å². The second-order valence-electron chi connectivity index (χ2n) is 2.16. The molecule has 1 fully saturated rings. The number of alkyl carbamates (subject to hydrolysis) is 1. The number of amides is 2. The fraction of sp³-hybridized carbons (Fsp3) is 0.600. The monoisotopic (exact) mass is 158 g/mol. The minimum atomic E-state index is -0.917. The maximum Gasteiger partial charge on any atom is 0.408 e. The first-order valence-electron chi connectivity index (χ1n) is 2.99. The van der Waals surface area contributed by atoms with E-state index in [1.54, 1.807) is 0 Å². The van der Waals surface area contributed by atoms with E-state index in [1.807, 2.05) is 0 Å². The molecule has 6 heteroatoms. The van der Waals surface area contributed by atoms with Crippen LogP contribution in [0, 0.1) is 4.91 Å². The Hall–Kier alpha value is -1.46. The fourth-order valence-electron chi connectivity index (χ4n) is 0.835. The Labute approximate surface area is 61.9 Å². The van der Waals surface area contributed by atoms with Crippen molar-refractivity contribution in [3.05, 3.63) is 4.91 Å². The number of rotatable bonds is 1. The van der Waals surface area contributed by atoms with Crippen LogP contribution in [-0.2, 0) is 9.53 Å². The number of nitrogens with zero attached hydrogens (tertiary/aromatic N) is 1. The highest BCUT2D eigenvalue weighted by molar-refractivity contribution is 5.88. The Balaban J connectivity index is 2.66. The predicted octanol–water partition coefficient (Wildman–Crippen LogP) is -0.224. The summed E-state index contributed by atoms with van der Waals surface area (Å²) in [7, 11) is 0. The Bertz CT molecular complexity index is 215. The first kappa shape index (κ1) is 7.64. The number of nitroso groups, excluding NO2 is 1. The van der Waals surface area contributed by atoms with Crippen molar-refractivity contribution in [3.8, 4) is 0 Å². The van der Waals surface area contributed by atoms with Crippen molar-refractivity contribution in [2.45, 2.75) is 19.1 Å². The zero-order chi connectivity index (χ0) is 8.43. The summed E-state index contributed by atoms with van der Waals surface area (Å²) in [5.74, 6) is -0.914. The highest BCUT2D eigenvalue weighted by Gasteiger charge is 2.36. The van der Waals surface area contributed by atoms with Gasteiger partial charge in [-0.2, -0.15) is 0 Å². The van der Waals surface area contributed by atoms with Crippen LogP contribution in [-0.4, -0.2) is 24.1 Å². The normalized spacial score (nSPS) is 29.0. The summed E-state index contributed by atoms with van der Waals surface area (Å²) < 4.78 is 4.53. The molecule has 1 aliphatic heterocycles. The molecule has 60 valence electrons. The van der Waals surface area contributed by atoms with Crippen LogP contribution in [0.15, 0.2) is 5.18 Å². The zero-order valence-corrected chi connectivity index (χ0v) is 5.73. The maximum absolute atomic E-state index is 10.6. The lowest BCUT2D eigenvalue weighted by Crippen LogP contribution is -2.36. The van der Waals surface area contributed by atoms with Gasteiger partial charge in [-0.3, -0.25) is 4.79 Å². The Morgan fingerprint density at radius 1 is 1.73 bits per heavy atom. The lowest BCUT2D eigenvalue weighted by molar-refractivity contribution is -0.120. The molecule has 1 heterocycles. The van der Waals surface area contributed by atoms with Crippen molar-refractivity contribution in [2.75, 3.05) is 0 Å². The predicted molar refractivity (Wildman–Crippen MR) is 33.7 cm³/mol. The molecule has 0 aromatic rings. The second-order valence-corrected chi connectivity index (χ2v) is 2.16. The summed E-state index contributed by atoms with van der Waals surface area (Å²) in [5.41, 5.74) is 0. The second kappa shape index (κ2) is 2.65.